The van der Waals surface area contributed by atoms with E-state index in [4.69, 9.17) is 11.6 Å². The van der Waals surface area contributed by atoms with E-state index in [1.165, 1.54) is 5.41 Å². The molecule has 1 heterocycles. The van der Waals surface area contributed by atoms with Crippen LogP contribution in [0, 0.1) is 0 Å². The zero-order chi connectivity index (χ0) is 15.6. The lowest BCUT2D eigenvalue weighted by Crippen LogP contribution is -2.01. The van der Waals surface area contributed by atoms with Gasteiger partial charge in [-0.1, -0.05) is 35.9 Å². The molecule has 0 aliphatic rings. The average Bonchev–Trinajstić information content (AvgIpc) is 2.88. The van der Waals surface area contributed by atoms with Gasteiger partial charge in [-0.15, -0.1) is 0 Å². The molecule has 0 aliphatic heterocycles. The molecular weight excluding hydrogens is 320 g/mol. The lowest BCUT2D eigenvalue weighted by atomic mass is 10.2. The van der Waals surface area contributed by atoms with E-state index in [0.717, 1.165) is 16.6 Å². The maximum atomic E-state index is 12.1. The fourth-order valence-corrected chi connectivity index (χ4v) is 3.17. The summed E-state index contributed by atoms with van der Waals surface area (Å²) in [5, 5.41) is 1.81. The van der Waals surface area contributed by atoms with Crippen LogP contribution in [-0.4, -0.2) is 18.4 Å². The van der Waals surface area contributed by atoms with E-state index in [1.54, 1.807) is 30.3 Å². The summed E-state index contributed by atoms with van der Waals surface area (Å²) < 4.78 is 24.3. The number of sulfone groups is 1. The Morgan fingerprint density at radius 1 is 1.09 bits per heavy atom. The molecule has 0 fully saturated rings. The number of fused-ring (bicyclic) bond motifs is 1. The number of nitrogens with zero attached hydrogens (tertiary/aromatic N) is 1. The number of hydrogen-bond acceptors (Lipinski definition) is 3. The summed E-state index contributed by atoms with van der Waals surface area (Å²) >= 11 is 5.79. The van der Waals surface area contributed by atoms with Crippen LogP contribution in [0.4, 0.5) is 0 Å². The maximum absolute atomic E-state index is 12.1. The zero-order valence-corrected chi connectivity index (χ0v) is 13.1. The van der Waals surface area contributed by atoms with E-state index in [1.807, 2.05) is 24.3 Å². The normalized spacial score (nSPS) is 12.2. The highest BCUT2D eigenvalue weighted by atomic mass is 35.5. The summed E-state index contributed by atoms with van der Waals surface area (Å²) in [5.41, 5.74) is 2.36. The fourth-order valence-electron chi connectivity index (χ4n) is 2.07. The van der Waals surface area contributed by atoms with Gasteiger partial charge in [0.05, 0.1) is 11.0 Å². The predicted octanol–water partition coefficient (Wildman–Crippen LogP) is 3.80. The van der Waals surface area contributed by atoms with Crippen LogP contribution in [0.1, 0.15) is 11.4 Å². The van der Waals surface area contributed by atoms with Crippen molar-refractivity contribution in [2.45, 2.75) is 5.75 Å². The molecule has 0 atom stereocenters. The Labute approximate surface area is 133 Å². The molecule has 0 bridgehead atoms. The average molecular weight is 333 g/mol. The summed E-state index contributed by atoms with van der Waals surface area (Å²) in [7, 11) is -3.40. The number of aromatic nitrogens is 2. The van der Waals surface area contributed by atoms with Gasteiger partial charge in [0.2, 0.25) is 0 Å². The second kappa shape index (κ2) is 5.94. The second-order valence-electron chi connectivity index (χ2n) is 4.86. The summed E-state index contributed by atoms with van der Waals surface area (Å²) in [4.78, 5) is 7.29. The lowest BCUT2D eigenvalue weighted by molar-refractivity contribution is 0.603. The van der Waals surface area contributed by atoms with Crippen molar-refractivity contribution in [3.05, 3.63) is 70.3 Å². The molecular formula is C16H13ClN2O2S. The van der Waals surface area contributed by atoms with Gasteiger partial charge in [0.25, 0.3) is 0 Å². The monoisotopic (exact) mass is 332 g/mol. The molecule has 0 saturated carbocycles. The van der Waals surface area contributed by atoms with Crippen LogP contribution >= 0.6 is 11.6 Å². The number of nitrogens with one attached hydrogen (secondary N) is 1. The Morgan fingerprint density at radius 2 is 1.82 bits per heavy atom. The Bertz CT molecular complexity index is 895. The van der Waals surface area contributed by atoms with Gasteiger partial charge in [-0.2, -0.15) is 0 Å². The molecule has 3 rings (SSSR count). The van der Waals surface area contributed by atoms with E-state index in [0.29, 0.717) is 10.8 Å². The number of para-hydroxylation sites is 2. The van der Waals surface area contributed by atoms with Gasteiger partial charge in [0.15, 0.2) is 9.84 Å². The second-order valence-corrected chi connectivity index (χ2v) is 7.19. The molecule has 0 radical (unpaired) electrons. The van der Waals surface area contributed by atoms with E-state index in [-0.39, 0.29) is 5.75 Å². The van der Waals surface area contributed by atoms with Gasteiger partial charge in [-0.25, -0.2) is 13.4 Å². The number of aromatic amines is 1. The predicted molar refractivity (Wildman–Crippen MR) is 89.2 cm³/mol. The minimum Gasteiger partial charge on any atom is -0.341 e. The van der Waals surface area contributed by atoms with Crippen LogP contribution in [0.5, 0.6) is 0 Å². The highest BCUT2D eigenvalue weighted by Crippen LogP contribution is 2.15. The van der Waals surface area contributed by atoms with E-state index >= 15 is 0 Å². The van der Waals surface area contributed by atoms with Crippen molar-refractivity contribution in [3.63, 3.8) is 0 Å². The highest BCUT2D eigenvalue weighted by molar-refractivity contribution is 7.93. The van der Waals surface area contributed by atoms with E-state index in [9.17, 15) is 8.42 Å². The van der Waals surface area contributed by atoms with Crippen molar-refractivity contribution in [1.82, 2.24) is 9.97 Å². The van der Waals surface area contributed by atoms with Crippen LogP contribution in [0.2, 0.25) is 5.02 Å². The van der Waals surface area contributed by atoms with Crippen molar-refractivity contribution in [2.75, 3.05) is 0 Å². The largest absolute Gasteiger partial charge is 0.341 e. The molecule has 22 heavy (non-hydrogen) atoms. The van der Waals surface area contributed by atoms with Gasteiger partial charge in [-0.3, -0.25) is 0 Å². The van der Waals surface area contributed by atoms with Crippen LogP contribution in [0.25, 0.3) is 17.1 Å². The smallest absolute Gasteiger partial charge is 0.178 e. The van der Waals surface area contributed by atoms with Crippen LogP contribution in [0.15, 0.2) is 53.9 Å². The SMILES string of the molecule is O=S(=O)(/C=C/c1ccc(Cl)cc1)Cc1nc2ccccc2[nH]1. The first kappa shape index (κ1) is 14.8. The van der Waals surface area contributed by atoms with Crippen LogP contribution < -0.4 is 0 Å². The van der Waals surface area contributed by atoms with Crippen molar-refractivity contribution in [3.8, 4) is 0 Å². The Kier molecular flexibility index (Phi) is 4.00. The number of rotatable bonds is 4. The first-order valence-electron chi connectivity index (χ1n) is 6.62. The van der Waals surface area contributed by atoms with Crippen molar-refractivity contribution >= 4 is 38.5 Å². The van der Waals surface area contributed by atoms with Crippen molar-refractivity contribution in [2.24, 2.45) is 0 Å². The standard InChI is InChI=1S/C16H13ClN2O2S/c17-13-7-5-12(6-8-13)9-10-22(20,21)11-16-18-14-3-1-2-4-15(14)19-16/h1-10H,11H2,(H,18,19)/b10-9+. The number of imidazole rings is 1. The summed E-state index contributed by atoms with van der Waals surface area (Å²) in [6, 6.07) is 14.4. The number of hydrogen-bond donors (Lipinski definition) is 1. The number of H-pyrrole nitrogens is 1. The molecule has 0 aliphatic carbocycles. The van der Waals surface area contributed by atoms with Crippen LogP contribution in [0.3, 0.4) is 0 Å². The summed E-state index contributed by atoms with van der Waals surface area (Å²) in [5.74, 6) is 0.271. The van der Waals surface area contributed by atoms with Crippen molar-refractivity contribution < 1.29 is 8.42 Å². The molecule has 0 unspecified atom stereocenters. The van der Waals surface area contributed by atoms with Gasteiger partial charge < -0.3 is 4.98 Å². The third kappa shape index (κ3) is 3.55. The Hall–Kier alpha value is -2.11. The molecule has 2 aromatic carbocycles. The highest BCUT2D eigenvalue weighted by Gasteiger charge is 2.11. The topological polar surface area (TPSA) is 62.8 Å². The van der Waals surface area contributed by atoms with Crippen LogP contribution in [-0.2, 0) is 15.6 Å². The van der Waals surface area contributed by atoms with Gasteiger partial charge in [0, 0.05) is 10.4 Å². The molecule has 3 aromatic rings. The number of halogens is 1. The van der Waals surface area contributed by atoms with Gasteiger partial charge in [0.1, 0.15) is 11.6 Å². The zero-order valence-electron chi connectivity index (χ0n) is 11.5. The molecule has 0 saturated heterocycles. The van der Waals surface area contributed by atoms with E-state index < -0.39 is 9.84 Å². The Morgan fingerprint density at radius 3 is 2.55 bits per heavy atom. The van der Waals surface area contributed by atoms with Gasteiger partial charge >= 0.3 is 0 Å². The maximum Gasteiger partial charge on any atom is 0.178 e. The third-order valence-electron chi connectivity index (χ3n) is 3.11. The minimum absolute atomic E-state index is 0.161. The molecule has 0 spiro atoms. The lowest BCUT2D eigenvalue weighted by Gasteiger charge is -1.96. The first-order valence-corrected chi connectivity index (χ1v) is 8.71. The summed E-state index contributed by atoms with van der Waals surface area (Å²) in [6.07, 6.45) is 1.55. The minimum atomic E-state index is -3.40. The molecule has 1 N–H and O–H groups in total. The molecule has 0 amide bonds. The molecule has 6 heteroatoms. The molecule has 112 valence electrons. The molecule has 1 aromatic heterocycles. The Balaban J connectivity index is 1.79. The summed E-state index contributed by atoms with van der Waals surface area (Å²) in [6.45, 7) is 0. The quantitative estimate of drug-likeness (QED) is 0.790. The first-order chi connectivity index (χ1) is 10.5. The van der Waals surface area contributed by atoms with Gasteiger partial charge in [-0.05, 0) is 35.9 Å². The molecule has 4 nitrogen and oxygen atoms in total. The fraction of sp³-hybridized carbons (Fsp3) is 0.0625. The van der Waals surface area contributed by atoms with E-state index in [2.05, 4.69) is 9.97 Å². The third-order valence-corrected chi connectivity index (χ3v) is 4.59. The number of benzene rings is 2. The van der Waals surface area contributed by atoms with Crippen molar-refractivity contribution in [1.29, 1.82) is 0 Å².